The minimum absolute atomic E-state index is 0. The molecule has 0 amide bonds. The number of rotatable bonds is 12. The standard InChI is InChI=1S/C26H36N2OS.ClH/c1-4-6-10-17-28(18-11-7-5-2)19-16-27-22-15-14-20(3)26-24(22)25(29)21-12-8-9-13-23(21)30-26;/h8-9,12-15,27H,4-7,10-11,16-19H2,1-3H3;1H. The van der Waals surface area contributed by atoms with Gasteiger partial charge in [-0.2, -0.15) is 0 Å². The molecular weight excluding hydrogens is 424 g/mol. The zero-order chi connectivity index (χ0) is 21.3. The van der Waals surface area contributed by atoms with Gasteiger partial charge >= 0.3 is 0 Å². The minimum Gasteiger partial charge on any atom is -0.383 e. The van der Waals surface area contributed by atoms with E-state index in [0.29, 0.717) is 0 Å². The Labute approximate surface area is 197 Å². The molecule has 170 valence electrons. The van der Waals surface area contributed by atoms with Crippen molar-refractivity contribution in [2.24, 2.45) is 0 Å². The van der Waals surface area contributed by atoms with Gasteiger partial charge in [0.25, 0.3) is 0 Å². The average Bonchev–Trinajstić information content (AvgIpc) is 2.75. The molecule has 3 nitrogen and oxygen atoms in total. The highest BCUT2D eigenvalue weighted by Crippen LogP contribution is 2.31. The third kappa shape index (κ3) is 6.68. The highest BCUT2D eigenvalue weighted by Gasteiger charge is 2.12. The van der Waals surface area contributed by atoms with E-state index >= 15 is 0 Å². The highest BCUT2D eigenvalue weighted by atomic mass is 35.5. The number of unbranched alkanes of at least 4 members (excludes halogenated alkanes) is 4. The van der Waals surface area contributed by atoms with Gasteiger partial charge in [-0.3, -0.25) is 4.79 Å². The van der Waals surface area contributed by atoms with Gasteiger partial charge in [0.1, 0.15) is 0 Å². The van der Waals surface area contributed by atoms with Gasteiger partial charge < -0.3 is 10.2 Å². The zero-order valence-corrected chi connectivity index (χ0v) is 20.8. The average molecular weight is 461 g/mol. The fourth-order valence-corrected chi connectivity index (χ4v) is 5.20. The molecule has 0 spiro atoms. The van der Waals surface area contributed by atoms with Crippen LogP contribution in [0.5, 0.6) is 0 Å². The van der Waals surface area contributed by atoms with Gasteiger partial charge in [0.2, 0.25) is 0 Å². The van der Waals surface area contributed by atoms with Gasteiger partial charge in [-0.05, 0) is 56.6 Å². The third-order valence-corrected chi connectivity index (χ3v) is 7.13. The van der Waals surface area contributed by atoms with Crippen LogP contribution in [0.1, 0.15) is 57.9 Å². The molecule has 1 heterocycles. The van der Waals surface area contributed by atoms with Crippen molar-refractivity contribution in [1.82, 2.24) is 4.90 Å². The van der Waals surface area contributed by atoms with Crippen molar-refractivity contribution in [1.29, 1.82) is 0 Å². The Morgan fingerprint density at radius 1 is 0.903 bits per heavy atom. The summed E-state index contributed by atoms with van der Waals surface area (Å²) in [6.07, 6.45) is 7.67. The van der Waals surface area contributed by atoms with E-state index in [1.54, 1.807) is 11.3 Å². The maximum absolute atomic E-state index is 13.3. The molecule has 2 aromatic carbocycles. The molecule has 1 aromatic heterocycles. The van der Waals surface area contributed by atoms with Crippen LogP contribution in [0.25, 0.3) is 20.2 Å². The molecule has 0 aliphatic carbocycles. The van der Waals surface area contributed by atoms with Gasteiger partial charge in [0, 0.05) is 33.6 Å². The van der Waals surface area contributed by atoms with Crippen LogP contribution in [0.2, 0.25) is 0 Å². The highest BCUT2D eigenvalue weighted by molar-refractivity contribution is 7.24. The molecule has 3 rings (SSSR count). The van der Waals surface area contributed by atoms with Crippen molar-refractivity contribution in [3.8, 4) is 0 Å². The van der Waals surface area contributed by atoms with Crippen molar-refractivity contribution in [3.63, 3.8) is 0 Å². The molecule has 0 aliphatic heterocycles. The number of nitrogens with zero attached hydrogens (tertiary/aromatic N) is 1. The van der Waals surface area contributed by atoms with E-state index in [4.69, 9.17) is 0 Å². The van der Waals surface area contributed by atoms with E-state index in [2.05, 4.69) is 43.1 Å². The summed E-state index contributed by atoms with van der Waals surface area (Å²) >= 11 is 1.72. The number of aryl methyl sites for hydroxylation is 1. The number of fused-ring (bicyclic) bond motifs is 2. The molecular formula is C26H37ClN2OS. The van der Waals surface area contributed by atoms with Crippen LogP contribution in [-0.4, -0.2) is 31.1 Å². The summed E-state index contributed by atoms with van der Waals surface area (Å²) in [6.45, 7) is 10.9. The van der Waals surface area contributed by atoms with Crippen molar-refractivity contribution >= 4 is 49.6 Å². The van der Waals surface area contributed by atoms with Crippen molar-refractivity contribution in [2.75, 3.05) is 31.5 Å². The molecule has 0 fully saturated rings. The van der Waals surface area contributed by atoms with E-state index in [0.717, 1.165) is 38.9 Å². The lowest BCUT2D eigenvalue weighted by Crippen LogP contribution is -2.31. The lowest BCUT2D eigenvalue weighted by molar-refractivity contribution is 0.271. The van der Waals surface area contributed by atoms with Crippen molar-refractivity contribution < 1.29 is 0 Å². The van der Waals surface area contributed by atoms with Crippen molar-refractivity contribution in [3.05, 3.63) is 52.2 Å². The van der Waals surface area contributed by atoms with Gasteiger partial charge in [0.05, 0.1) is 5.39 Å². The first-order chi connectivity index (χ1) is 14.7. The first-order valence-corrected chi connectivity index (χ1v) is 12.4. The van der Waals surface area contributed by atoms with Crippen LogP contribution in [0, 0.1) is 6.92 Å². The lowest BCUT2D eigenvalue weighted by atomic mass is 10.1. The maximum Gasteiger partial charge on any atom is 0.197 e. The van der Waals surface area contributed by atoms with Crippen molar-refractivity contribution in [2.45, 2.75) is 59.3 Å². The Bertz CT molecular complexity index is 1010. The van der Waals surface area contributed by atoms with Crippen LogP contribution < -0.4 is 10.7 Å². The SMILES string of the molecule is CCCCCN(CCCCC)CCNc1ccc(C)c2sc3ccccc3c(=O)c12.Cl. The Balaban J connectivity index is 0.00000341. The van der Waals surface area contributed by atoms with Crippen LogP contribution in [0.3, 0.4) is 0 Å². The van der Waals surface area contributed by atoms with Gasteiger partial charge in [-0.25, -0.2) is 0 Å². The largest absolute Gasteiger partial charge is 0.383 e. The topological polar surface area (TPSA) is 32.3 Å². The first-order valence-electron chi connectivity index (χ1n) is 11.6. The Kier molecular flexibility index (Phi) is 10.8. The second kappa shape index (κ2) is 13.0. The Morgan fingerprint density at radius 3 is 2.26 bits per heavy atom. The van der Waals surface area contributed by atoms with Crippen LogP contribution in [-0.2, 0) is 0 Å². The number of benzene rings is 2. The summed E-state index contributed by atoms with van der Waals surface area (Å²) < 4.78 is 2.17. The molecule has 31 heavy (non-hydrogen) atoms. The summed E-state index contributed by atoms with van der Waals surface area (Å²) in [4.78, 5) is 15.9. The van der Waals surface area contributed by atoms with Crippen LogP contribution >= 0.6 is 23.7 Å². The van der Waals surface area contributed by atoms with Gasteiger partial charge in [0.15, 0.2) is 5.43 Å². The Morgan fingerprint density at radius 2 is 1.58 bits per heavy atom. The summed E-state index contributed by atoms with van der Waals surface area (Å²) in [7, 11) is 0. The van der Waals surface area contributed by atoms with E-state index in [1.807, 2.05) is 24.3 Å². The predicted molar refractivity (Wildman–Crippen MR) is 142 cm³/mol. The third-order valence-electron chi connectivity index (χ3n) is 5.82. The molecule has 0 saturated heterocycles. The molecule has 3 aromatic rings. The number of hydrogen-bond donors (Lipinski definition) is 1. The molecule has 0 aliphatic rings. The number of anilines is 1. The number of nitrogens with one attached hydrogen (secondary N) is 1. The number of halogens is 1. The molecule has 5 heteroatoms. The zero-order valence-electron chi connectivity index (χ0n) is 19.2. The molecule has 1 N–H and O–H groups in total. The summed E-state index contributed by atoms with van der Waals surface area (Å²) in [6, 6.07) is 12.2. The summed E-state index contributed by atoms with van der Waals surface area (Å²) in [5.41, 5.74) is 2.29. The molecule has 0 radical (unpaired) electrons. The lowest BCUT2D eigenvalue weighted by Gasteiger charge is -2.23. The van der Waals surface area contributed by atoms with Gasteiger partial charge in [-0.15, -0.1) is 23.7 Å². The molecule has 0 saturated carbocycles. The number of hydrogen-bond acceptors (Lipinski definition) is 4. The van der Waals surface area contributed by atoms with E-state index in [-0.39, 0.29) is 17.8 Å². The minimum atomic E-state index is 0. The molecule has 0 bridgehead atoms. The Hall–Kier alpha value is -1.62. The molecule has 0 atom stereocenters. The second-order valence-electron chi connectivity index (χ2n) is 8.24. The summed E-state index contributed by atoms with van der Waals surface area (Å²) in [5.74, 6) is 0. The quantitative estimate of drug-likeness (QED) is 0.228. The first kappa shape index (κ1) is 25.6. The fraction of sp³-hybridized carbons (Fsp3) is 0.500. The van der Waals surface area contributed by atoms with Crippen LogP contribution in [0.15, 0.2) is 41.2 Å². The van der Waals surface area contributed by atoms with E-state index in [9.17, 15) is 4.79 Å². The normalized spacial score (nSPS) is 11.2. The second-order valence-corrected chi connectivity index (χ2v) is 9.30. The van der Waals surface area contributed by atoms with Gasteiger partial charge in [-0.1, -0.05) is 57.7 Å². The smallest absolute Gasteiger partial charge is 0.197 e. The van der Waals surface area contributed by atoms with Crippen LogP contribution in [0.4, 0.5) is 5.69 Å². The van der Waals surface area contributed by atoms with E-state index < -0.39 is 0 Å². The molecule has 0 unspecified atom stereocenters. The fourth-order valence-electron chi connectivity index (χ4n) is 4.03. The maximum atomic E-state index is 13.3. The summed E-state index contributed by atoms with van der Waals surface area (Å²) in [5, 5.41) is 5.27. The predicted octanol–water partition coefficient (Wildman–Crippen LogP) is 7.24. The van der Waals surface area contributed by atoms with E-state index in [1.165, 1.54) is 57.2 Å². The monoisotopic (exact) mass is 460 g/mol.